The molecule has 1 heterocycles. The SMILES string of the molecule is O=S(=O)(O)C1C=CCO1. The molecule has 0 saturated carbocycles. The number of ether oxygens (including phenoxy) is 1. The van der Waals surface area contributed by atoms with E-state index in [0.717, 1.165) is 0 Å². The van der Waals surface area contributed by atoms with Gasteiger partial charge in [-0.05, 0) is 6.08 Å². The molecule has 0 fully saturated rings. The molecule has 1 N–H and O–H groups in total. The first-order chi connectivity index (χ1) is 4.11. The molecule has 0 spiro atoms. The van der Waals surface area contributed by atoms with Gasteiger partial charge >= 0.3 is 0 Å². The molecular weight excluding hydrogens is 144 g/mol. The second-order valence-corrected chi connectivity index (χ2v) is 3.14. The van der Waals surface area contributed by atoms with Crippen molar-refractivity contribution < 1.29 is 17.7 Å². The van der Waals surface area contributed by atoms with Gasteiger partial charge in [-0.25, -0.2) is 0 Å². The molecule has 1 atom stereocenters. The molecule has 1 aliphatic heterocycles. The summed E-state index contributed by atoms with van der Waals surface area (Å²) in [5, 5.41) is 0. The maximum atomic E-state index is 10.2. The van der Waals surface area contributed by atoms with Crippen molar-refractivity contribution in [2.45, 2.75) is 5.44 Å². The van der Waals surface area contributed by atoms with Crippen molar-refractivity contribution in [1.82, 2.24) is 0 Å². The maximum Gasteiger partial charge on any atom is 0.296 e. The Bertz CT molecular complexity index is 215. The van der Waals surface area contributed by atoms with Crippen molar-refractivity contribution in [3.63, 3.8) is 0 Å². The summed E-state index contributed by atoms with van der Waals surface area (Å²) >= 11 is 0. The van der Waals surface area contributed by atoms with Gasteiger partial charge in [-0.15, -0.1) is 0 Å². The van der Waals surface area contributed by atoms with Crippen LogP contribution in [0.5, 0.6) is 0 Å². The van der Waals surface area contributed by atoms with Crippen LogP contribution in [0.4, 0.5) is 0 Å². The van der Waals surface area contributed by atoms with Crippen molar-refractivity contribution in [3.05, 3.63) is 12.2 Å². The molecule has 0 radical (unpaired) electrons. The van der Waals surface area contributed by atoms with Crippen molar-refractivity contribution in [3.8, 4) is 0 Å². The van der Waals surface area contributed by atoms with Crippen LogP contribution in [0.25, 0.3) is 0 Å². The summed E-state index contributed by atoms with van der Waals surface area (Å²) in [5.41, 5.74) is -1.14. The normalized spacial score (nSPS) is 27.0. The highest BCUT2D eigenvalue weighted by molar-refractivity contribution is 7.86. The molecule has 52 valence electrons. The van der Waals surface area contributed by atoms with E-state index >= 15 is 0 Å². The third kappa shape index (κ3) is 1.51. The largest absolute Gasteiger partial charge is 0.352 e. The number of hydrogen-bond donors (Lipinski definition) is 1. The number of rotatable bonds is 1. The average molecular weight is 150 g/mol. The summed E-state index contributed by atoms with van der Waals surface area (Å²) in [5.74, 6) is 0. The van der Waals surface area contributed by atoms with Crippen molar-refractivity contribution >= 4 is 10.1 Å². The van der Waals surface area contributed by atoms with Crippen LogP contribution in [0, 0.1) is 0 Å². The van der Waals surface area contributed by atoms with Gasteiger partial charge < -0.3 is 4.74 Å². The van der Waals surface area contributed by atoms with Gasteiger partial charge in [-0.1, -0.05) is 6.08 Å². The Balaban J connectivity index is 2.76. The van der Waals surface area contributed by atoms with E-state index in [2.05, 4.69) is 4.74 Å². The van der Waals surface area contributed by atoms with Crippen LogP contribution < -0.4 is 0 Å². The van der Waals surface area contributed by atoms with E-state index in [1.165, 1.54) is 6.08 Å². The number of hydrogen-bond acceptors (Lipinski definition) is 3. The quantitative estimate of drug-likeness (QED) is 0.415. The van der Waals surface area contributed by atoms with Crippen LogP contribution in [0.3, 0.4) is 0 Å². The standard InChI is InChI=1S/C4H6O4S/c5-9(6,7)4-2-1-3-8-4/h1-2,4H,3H2,(H,5,6,7). The van der Waals surface area contributed by atoms with E-state index in [1.54, 1.807) is 6.08 Å². The van der Waals surface area contributed by atoms with E-state index in [0.29, 0.717) is 0 Å². The Kier molecular flexibility index (Phi) is 1.56. The van der Waals surface area contributed by atoms with Gasteiger partial charge in [-0.2, -0.15) is 8.42 Å². The van der Waals surface area contributed by atoms with Crippen LogP contribution in [0.2, 0.25) is 0 Å². The van der Waals surface area contributed by atoms with Crippen LogP contribution in [-0.4, -0.2) is 25.0 Å². The van der Waals surface area contributed by atoms with Crippen molar-refractivity contribution in [2.75, 3.05) is 6.61 Å². The van der Waals surface area contributed by atoms with Crippen LogP contribution >= 0.6 is 0 Å². The third-order valence-electron chi connectivity index (χ3n) is 0.944. The van der Waals surface area contributed by atoms with E-state index in [-0.39, 0.29) is 6.61 Å². The predicted molar refractivity (Wildman–Crippen MR) is 30.4 cm³/mol. The highest BCUT2D eigenvalue weighted by Crippen LogP contribution is 2.08. The first-order valence-corrected chi connectivity index (χ1v) is 3.85. The van der Waals surface area contributed by atoms with Gasteiger partial charge in [0.1, 0.15) is 0 Å². The molecule has 5 heteroatoms. The Morgan fingerprint density at radius 1 is 1.67 bits per heavy atom. The van der Waals surface area contributed by atoms with Crippen LogP contribution in [0.15, 0.2) is 12.2 Å². The Labute approximate surface area is 52.9 Å². The van der Waals surface area contributed by atoms with Gasteiger partial charge in [-0.3, -0.25) is 4.55 Å². The fraction of sp³-hybridized carbons (Fsp3) is 0.500. The van der Waals surface area contributed by atoms with Gasteiger partial charge in [0.15, 0.2) is 0 Å². The highest BCUT2D eigenvalue weighted by Gasteiger charge is 2.22. The summed E-state index contributed by atoms with van der Waals surface area (Å²) in [4.78, 5) is 0. The average Bonchev–Trinajstić information content (AvgIpc) is 2.08. The van der Waals surface area contributed by atoms with Gasteiger partial charge in [0.05, 0.1) is 6.61 Å². The smallest absolute Gasteiger partial charge is 0.296 e. The molecule has 0 aromatic heterocycles. The zero-order valence-electron chi connectivity index (χ0n) is 4.52. The molecule has 0 bridgehead atoms. The molecule has 0 saturated heterocycles. The molecule has 1 unspecified atom stereocenters. The molecule has 4 nitrogen and oxygen atoms in total. The van der Waals surface area contributed by atoms with E-state index < -0.39 is 15.6 Å². The van der Waals surface area contributed by atoms with E-state index in [4.69, 9.17) is 4.55 Å². The fourth-order valence-corrected chi connectivity index (χ4v) is 1.12. The zero-order valence-corrected chi connectivity index (χ0v) is 5.34. The first-order valence-electron chi connectivity index (χ1n) is 2.35. The molecule has 0 aliphatic carbocycles. The first kappa shape index (κ1) is 6.73. The third-order valence-corrected chi connectivity index (χ3v) is 1.82. The van der Waals surface area contributed by atoms with Crippen LogP contribution in [-0.2, 0) is 14.9 Å². The molecule has 9 heavy (non-hydrogen) atoms. The second-order valence-electron chi connectivity index (χ2n) is 1.64. The topological polar surface area (TPSA) is 63.6 Å². The summed E-state index contributed by atoms with van der Waals surface area (Å²) in [6.45, 7) is 0.254. The summed E-state index contributed by atoms with van der Waals surface area (Å²) in [7, 11) is -4.01. The molecule has 1 rings (SSSR count). The summed E-state index contributed by atoms with van der Waals surface area (Å²) in [6, 6.07) is 0. The minimum atomic E-state index is -4.01. The minimum Gasteiger partial charge on any atom is -0.352 e. The Morgan fingerprint density at radius 2 is 2.33 bits per heavy atom. The summed E-state index contributed by atoms with van der Waals surface area (Å²) in [6.07, 6.45) is 2.84. The van der Waals surface area contributed by atoms with E-state index in [1.807, 2.05) is 0 Å². The lowest BCUT2D eigenvalue weighted by atomic mass is 10.6. The lowest BCUT2D eigenvalue weighted by Gasteiger charge is -2.01. The fourth-order valence-electron chi connectivity index (χ4n) is 0.558. The monoisotopic (exact) mass is 150 g/mol. The maximum absolute atomic E-state index is 10.2. The van der Waals surface area contributed by atoms with Crippen molar-refractivity contribution in [1.29, 1.82) is 0 Å². The van der Waals surface area contributed by atoms with Crippen molar-refractivity contribution in [2.24, 2.45) is 0 Å². The minimum absolute atomic E-state index is 0.254. The van der Waals surface area contributed by atoms with Gasteiger partial charge in [0.25, 0.3) is 10.1 Å². The Morgan fingerprint density at radius 3 is 2.56 bits per heavy atom. The zero-order chi connectivity index (χ0) is 6.91. The lowest BCUT2D eigenvalue weighted by molar-refractivity contribution is 0.172. The molecular formula is C4H6O4S. The molecule has 0 amide bonds. The highest BCUT2D eigenvalue weighted by atomic mass is 32.2. The van der Waals surface area contributed by atoms with Crippen LogP contribution in [0.1, 0.15) is 0 Å². The molecule has 1 aliphatic rings. The predicted octanol–water partition coefficient (Wildman–Crippen LogP) is -0.213. The van der Waals surface area contributed by atoms with Gasteiger partial charge in [0.2, 0.25) is 5.44 Å². The summed E-state index contributed by atoms with van der Waals surface area (Å²) < 4.78 is 33.3. The van der Waals surface area contributed by atoms with E-state index in [9.17, 15) is 8.42 Å². The Hall–Kier alpha value is -0.390. The lowest BCUT2D eigenvalue weighted by Crippen LogP contribution is -2.17. The molecule has 0 aromatic carbocycles. The molecule has 0 aromatic rings. The second kappa shape index (κ2) is 2.09. The van der Waals surface area contributed by atoms with Gasteiger partial charge in [0, 0.05) is 0 Å².